The van der Waals surface area contributed by atoms with Crippen molar-refractivity contribution in [1.29, 1.82) is 0 Å². The Balaban J connectivity index is 2.36. The molecule has 21 heavy (non-hydrogen) atoms. The maximum atomic E-state index is 11.8. The number of esters is 1. The van der Waals surface area contributed by atoms with E-state index in [1.54, 1.807) is 6.92 Å². The molecule has 1 aromatic heterocycles. The molecule has 0 spiro atoms. The second-order valence-corrected chi connectivity index (χ2v) is 4.96. The molecule has 0 saturated heterocycles. The van der Waals surface area contributed by atoms with Crippen molar-refractivity contribution in [3.05, 3.63) is 47.3 Å². The van der Waals surface area contributed by atoms with Crippen molar-refractivity contribution in [2.75, 3.05) is 6.61 Å². The van der Waals surface area contributed by atoms with E-state index in [2.05, 4.69) is 18.9 Å². The third kappa shape index (κ3) is 3.18. The van der Waals surface area contributed by atoms with Crippen molar-refractivity contribution in [3.63, 3.8) is 0 Å². The summed E-state index contributed by atoms with van der Waals surface area (Å²) in [6, 6.07) is 7.83. The van der Waals surface area contributed by atoms with Crippen LogP contribution in [-0.4, -0.2) is 28.6 Å². The van der Waals surface area contributed by atoms with Gasteiger partial charge in [-0.2, -0.15) is 5.10 Å². The molecule has 0 atom stereocenters. The minimum absolute atomic E-state index is 0.0415. The Morgan fingerprint density at radius 3 is 2.52 bits per heavy atom. The number of aromatic nitrogens is 2. The third-order valence-electron chi connectivity index (χ3n) is 3.16. The second kappa shape index (κ2) is 6.35. The van der Waals surface area contributed by atoms with Crippen LogP contribution < -0.4 is 0 Å². The molecular weight excluding hydrogens is 268 g/mol. The number of carbonyl (C=O) groups is 2. The van der Waals surface area contributed by atoms with Crippen molar-refractivity contribution in [1.82, 2.24) is 9.78 Å². The van der Waals surface area contributed by atoms with Crippen LogP contribution in [0, 0.1) is 0 Å². The Kier molecular flexibility index (Phi) is 4.52. The van der Waals surface area contributed by atoms with Crippen LogP contribution in [-0.2, 0) is 4.74 Å². The van der Waals surface area contributed by atoms with Gasteiger partial charge >= 0.3 is 5.97 Å². The molecule has 1 aromatic carbocycles. The number of hydrogen-bond donors (Lipinski definition) is 0. The number of rotatable bonds is 5. The van der Waals surface area contributed by atoms with E-state index in [1.807, 2.05) is 24.3 Å². The monoisotopic (exact) mass is 286 g/mol. The van der Waals surface area contributed by atoms with Crippen LogP contribution in [0.3, 0.4) is 0 Å². The smallest absolute Gasteiger partial charge is 0.359 e. The van der Waals surface area contributed by atoms with Gasteiger partial charge in [-0.1, -0.05) is 26.0 Å². The highest BCUT2D eigenvalue weighted by Gasteiger charge is 2.18. The van der Waals surface area contributed by atoms with Gasteiger partial charge in [-0.15, -0.1) is 0 Å². The van der Waals surface area contributed by atoms with Gasteiger partial charge in [0.1, 0.15) is 0 Å². The molecule has 0 unspecified atom stereocenters. The van der Waals surface area contributed by atoms with E-state index >= 15 is 0 Å². The maximum absolute atomic E-state index is 11.8. The van der Waals surface area contributed by atoms with Gasteiger partial charge in [0.2, 0.25) is 0 Å². The number of ether oxygens (including phenoxy) is 1. The molecule has 0 fully saturated rings. The van der Waals surface area contributed by atoms with E-state index in [0.717, 1.165) is 5.69 Å². The molecule has 1 heterocycles. The van der Waals surface area contributed by atoms with Crippen molar-refractivity contribution in [2.45, 2.75) is 26.7 Å². The largest absolute Gasteiger partial charge is 0.461 e. The van der Waals surface area contributed by atoms with Crippen LogP contribution in [0.2, 0.25) is 0 Å². The Hall–Kier alpha value is -2.43. The van der Waals surface area contributed by atoms with Gasteiger partial charge in [-0.05, 0) is 30.5 Å². The fourth-order valence-corrected chi connectivity index (χ4v) is 1.98. The quantitative estimate of drug-likeness (QED) is 0.626. The van der Waals surface area contributed by atoms with E-state index in [-0.39, 0.29) is 17.9 Å². The first-order valence-corrected chi connectivity index (χ1v) is 6.89. The predicted octanol–water partition coefficient (Wildman–Crippen LogP) is 2.98. The summed E-state index contributed by atoms with van der Waals surface area (Å²) in [6.45, 7) is 6.19. The second-order valence-electron chi connectivity index (χ2n) is 4.96. The molecular formula is C16H18N2O3. The number of aldehydes is 1. The summed E-state index contributed by atoms with van der Waals surface area (Å²) in [5.41, 5.74) is 2.27. The lowest BCUT2D eigenvalue weighted by Crippen LogP contribution is -2.08. The van der Waals surface area contributed by atoms with Crippen LogP contribution in [0.4, 0.5) is 0 Å². The molecule has 0 aliphatic heterocycles. The van der Waals surface area contributed by atoms with Crippen molar-refractivity contribution >= 4 is 12.3 Å². The highest BCUT2D eigenvalue weighted by Crippen LogP contribution is 2.17. The molecule has 0 N–H and O–H groups in total. The summed E-state index contributed by atoms with van der Waals surface area (Å²) >= 11 is 0. The highest BCUT2D eigenvalue weighted by molar-refractivity contribution is 5.96. The van der Waals surface area contributed by atoms with Gasteiger partial charge in [0.25, 0.3) is 0 Å². The summed E-state index contributed by atoms with van der Waals surface area (Å²) in [5, 5.41) is 4.16. The molecule has 2 aromatic rings. The van der Waals surface area contributed by atoms with E-state index in [4.69, 9.17) is 4.74 Å². The van der Waals surface area contributed by atoms with Gasteiger partial charge in [-0.25, -0.2) is 9.48 Å². The summed E-state index contributed by atoms with van der Waals surface area (Å²) in [4.78, 5) is 22.8. The van der Waals surface area contributed by atoms with E-state index in [9.17, 15) is 9.59 Å². The molecule has 0 saturated carbocycles. The SMILES string of the molecule is CCOC(=O)c1nn(-c2ccc(C(C)C)cc2)cc1C=O. The zero-order valence-corrected chi connectivity index (χ0v) is 12.4. The molecule has 5 nitrogen and oxygen atoms in total. The summed E-state index contributed by atoms with van der Waals surface area (Å²) in [5.74, 6) is -0.144. The van der Waals surface area contributed by atoms with Crippen LogP contribution in [0.1, 0.15) is 53.1 Å². The number of benzene rings is 1. The topological polar surface area (TPSA) is 61.2 Å². The average molecular weight is 286 g/mol. The fourth-order valence-electron chi connectivity index (χ4n) is 1.98. The third-order valence-corrected chi connectivity index (χ3v) is 3.16. The van der Waals surface area contributed by atoms with Gasteiger partial charge in [0.05, 0.1) is 17.9 Å². The molecule has 110 valence electrons. The van der Waals surface area contributed by atoms with Crippen LogP contribution >= 0.6 is 0 Å². The lowest BCUT2D eigenvalue weighted by atomic mass is 10.0. The summed E-state index contributed by atoms with van der Waals surface area (Å²) in [6.07, 6.45) is 2.14. The van der Waals surface area contributed by atoms with Gasteiger partial charge in [0, 0.05) is 6.20 Å². The normalized spacial score (nSPS) is 10.7. The zero-order valence-electron chi connectivity index (χ0n) is 12.4. The minimum Gasteiger partial charge on any atom is -0.461 e. The molecule has 0 bridgehead atoms. The first-order chi connectivity index (χ1) is 10.1. The first-order valence-electron chi connectivity index (χ1n) is 6.89. The minimum atomic E-state index is -0.586. The Morgan fingerprint density at radius 1 is 1.33 bits per heavy atom. The lowest BCUT2D eigenvalue weighted by Gasteiger charge is -2.06. The van der Waals surface area contributed by atoms with Crippen molar-refractivity contribution in [2.24, 2.45) is 0 Å². The van der Waals surface area contributed by atoms with E-state index in [0.29, 0.717) is 12.2 Å². The molecule has 5 heteroatoms. The van der Waals surface area contributed by atoms with E-state index < -0.39 is 5.97 Å². The molecule has 0 aliphatic rings. The highest BCUT2D eigenvalue weighted by atomic mass is 16.5. The number of nitrogens with zero attached hydrogens (tertiary/aromatic N) is 2. The summed E-state index contributed by atoms with van der Waals surface area (Å²) < 4.78 is 6.41. The van der Waals surface area contributed by atoms with Crippen LogP contribution in [0.25, 0.3) is 5.69 Å². The average Bonchev–Trinajstić information content (AvgIpc) is 2.92. The van der Waals surface area contributed by atoms with Crippen LogP contribution in [0.15, 0.2) is 30.5 Å². The standard InChI is InChI=1S/C16H18N2O3/c1-4-21-16(20)15-13(10-19)9-18(17-15)14-7-5-12(6-8-14)11(2)3/h5-11H,4H2,1-3H3. The maximum Gasteiger partial charge on any atom is 0.359 e. The summed E-state index contributed by atoms with van der Waals surface area (Å²) in [7, 11) is 0. The molecule has 0 radical (unpaired) electrons. The number of carbonyl (C=O) groups excluding carboxylic acids is 2. The van der Waals surface area contributed by atoms with Crippen molar-refractivity contribution < 1.29 is 14.3 Å². The molecule has 0 aliphatic carbocycles. The van der Waals surface area contributed by atoms with Gasteiger partial charge in [0.15, 0.2) is 12.0 Å². The fraction of sp³-hybridized carbons (Fsp3) is 0.312. The molecule has 0 amide bonds. The van der Waals surface area contributed by atoms with Gasteiger partial charge in [-0.3, -0.25) is 4.79 Å². The van der Waals surface area contributed by atoms with Crippen LogP contribution in [0.5, 0.6) is 0 Å². The zero-order chi connectivity index (χ0) is 15.4. The predicted molar refractivity (Wildman–Crippen MR) is 79.0 cm³/mol. The number of hydrogen-bond acceptors (Lipinski definition) is 4. The molecule has 2 rings (SSSR count). The van der Waals surface area contributed by atoms with Crippen molar-refractivity contribution in [3.8, 4) is 5.69 Å². The Bertz CT molecular complexity index is 642. The Labute approximate surface area is 123 Å². The Morgan fingerprint density at radius 2 is 2.00 bits per heavy atom. The lowest BCUT2D eigenvalue weighted by molar-refractivity contribution is 0.0517. The van der Waals surface area contributed by atoms with Gasteiger partial charge < -0.3 is 4.74 Å². The first kappa shape index (κ1) is 15.0. The van der Waals surface area contributed by atoms with E-state index in [1.165, 1.54) is 16.4 Å².